The predicted octanol–water partition coefficient (Wildman–Crippen LogP) is 3.79. The average Bonchev–Trinajstić information content (AvgIpc) is 2.95. The molecule has 0 saturated heterocycles. The van der Waals surface area contributed by atoms with Crippen LogP contribution in [0.2, 0.25) is 0 Å². The number of aromatic nitrogens is 3. The highest BCUT2D eigenvalue weighted by molar-refractivity contribution is 14.1. The Kier molecular flexibility index (Phi) is 4.11. The van der Waals surface area contributed by atoms with E-state index in [1.807, 2.05) is 22.9 Å². The molecule has 3 nitrogen and oxygen atoms in total. The van der Waals surface area contributed by atoms with Gasteiger partial charge in [0.1, 0.15) is 6.33 Å². The van der Waals surface area contributed by atoms with Crippen molar-refractivity contribution in [3.8, 4) is 11.4 Å². The van der Waals surface area contributed by atoms with Crippen LogP contribution in [0.25, 0.3) is 11.4 Å². The van der Waals surface area contributed by atoms with Crippen molar-refractivity contribution in [3.63, 3.8) is 0 Å². The zero-order valence-electron chi connectivity index (χ0n) is 10.9. The molecule has 0 bridgehead atoms. The Hall–Kier alpha value is -1.69. The normalized spacial score (nSPS) is 10.7. The van der Waals surface area contributed by atoms with Gasteiger partial charge in [0.2, 0.25) is 0 Å². The molecule has 0 aliphatic heterocycles. The van der Waals surface area contributed by atoms with Crippen molar-refractivity contribution in [2.75, 3.05) is 0 Å². The molecule has 0 aliphatic rings. The lowest BCUT2D eigenvalue weighted by molar-refractivity contribution is 0.614. The zero-order chi connectivity index (χ0) is 13.8. The summed E-state index contributed by atoms with van der Waals surface area (Å²) in [5.41, 5.74) is 2.38. The van der Waals surface area contributed by atoms with Gasteiger partial charge in [-0.25, -0.2) is 4.98 Å². The van der Waals surface area contributed by atoms with Gasteiger partial charge in [-0.1, -0.05) is 42.5 Å². The Morgan fingerprint density at radius 3 is 2.65 bits per heavy atom. The minimum absolute atomic E-state index is 0.788. The first-order valence-electron chi connectivity index (χ1n) is 6.50. The maximum Gasteiger partial charge on any atom is 0.181 e. The van der Waals surface area contributed by atoms with Gasteiger partial charge in [-0.3, -0.25) is 4.68 Å². The van der Waals surface area contributed by atoms with E-state index in [0.717, 1.165) is 24.4 Å². The van der Waals surface area contributed by atoms with Crippen molar-refractivity contribution in [3.05, 3.63) is 70.1 Å². The summed E-state index contributed by atoms with van der Waals surface area (Å²) in [5, 5.41) is 4.54. The van der Waals surface area contributed by atoms with E-state index in [4.69, 9.17) is 0 Å². The Balaban J connectivity index is 1.71. The molecule has 0 aliphatic carbocycles. The molecule has 0 atom stereocenters. The maximum atomic E-state index is 4.54. The van der Waals surface area contributed by atoms with Gasteiger partial charge in [0.15, 0.2) is 5.82 Å². The summed E-state index contributed by atoms with van der Waals surface area (Å²) in [4.78, 5) is 4.39. The fourth-order valence-corrected chi connectivity index (χ4v) is 2.59. The van der Waals surface area contributed by atoms with Crippen LogP contribution in [0.15, 0.2) is 60.9 Å². The molecule has 1 aromatic heterocycles. The number of aryl methyl sites for hydroxylation is 2. The molecule has 0 amide bonds. The number of benzene rings is 2. The quantitative estimate of drug-likeness (QED) is 0.650. The average molecular weight is 375 g/mol. The minimum atomic E-state index is 0.788. The second-order valence-corrected chi connectivity index (χ2v) is 5.82. The first kappa shape index (κ1) is 13.3. The first-order chi connectivity index (χ1) is 9.81. The third kappa shape index (κ3) is 3.25. The van der Waals surface area contributed by atoms with Crippen LogP contribution in [-0.4, -0.2) is 14.8 Å². The fourth-order valence-electron chi connectivity index (χ4n) is 2.05. The summed E-state index contributed by atoms with van der Waals surface area (Å²) >= 11 is 2.30. The van der Waals surface area contributed by atoms with Crippen LogP contribution in [0.3, 0.4) is 0 Å². The second-order valence-electron chi connectivity index (χ2n) is 4.58. The fraction of sp³-hybridized carbons (Fsp3) is 0.125. The summed E-state index contributed by atoms with van der Waals surface area (Å²) in [6.07, 6.45) is 2.77. The van der Waals surface area contributed by atoms with Gasteiger partial charge in [0.25, 0.3) is 0 Å². The van der Waals surface area contributed by atoms with Gasteiger partial charge < -0.3 is 0 Å². The van der Waals surface area contributed by atoms with Crippen molar-refractivity contribution in [2.45, 2.75) is 13.0 Å². The largest absolute Gasteiger partial charge is 0.252 e. The summed E-state index contributed by atoms with van der Waals surface area (Å²) in [6.45, 7) is 0.848. The van der Waals surface area contributed by atoms with Gasteiger partial charge in [-0.15, -0.1) is 0 Å². The van der Waals surface area contributed by atoms with E-state index in [1.54, 1.807) is 6.33 Å². The van der Waals surface area contributed by atoms with Crippen molar-refractivity contribution in [2.24, 2.45) is 0 Å². The number of hydrogen-bond donors (Lipinski definition) is 0. The standard InChI is InChI=1S/C16H14IN3/c17-15-8-4-7-14(11-15)16-18-12-20(19-16)10-9-13-5-2-1-3-6-13/h1-8,11-12H,9-10H2. The summed E-state index contributed by atoms with van der Waals surface area (Å²) < 4.78 is 3.10. The van der Waals surface area contributed by atoms with Crippen LogP contribution in [0.5, 0.6) is 0 Å². The molecule has 4 heteroatoms. The molecule has 0 unspecified atom stereocenters. The first-order valence-corrected chi connectivity index (χ1v) is 7.58. The van der Waals surface area contributed by atoms with Crippen molar-refractivity contribution in [1.82, 2.24) is 14.8 Å². The highest BCUT2D eigenvalue weighted by Gasteiger charge is 2.04. The van der Waals surface area contributed by atoms with Crippen LogP contribution >= 0.6 is 22.6 Å². The van der Waals surface area contributed by atoms with Crippen molar-refractivity contribution < 1.29 is 0 Å². The van der Waals surface area contributed by atoms with E-state index in [1.165, 1.54) is 9.13 Å². The Morgan fingerprint density at radius 2 is 1.85 bits per heavy atom. The van der Waals surface area contributed by atoms with Crippen LogP contribution in [-0.2, 0) is 13.0 Å². The molecular weight excluding hydrogens is 361 g/mol. The molecule has 100 valence electrons. The van der Waals surface area contributed by atoms with Crippen LogP contribution in [0.4, 0.5) is 0 Å². The summed E-state index contributed by atoms with van der Waals surface area (Å²) in [7, 11) is 0. The van der Waals surface area contributed by atoms with Gasteiger partial charge >= 0.3 is 0 Å². The number of halogens is 1. The minimum Gasteiger partial charge on any atom is -0.252 e. The number of hydrogen-bond acceptors (Lipinski definition) is 2. The molecule has 0 saturated carbocycles. The third-order valence-corrected chi connectivity index (χ3v) is 3.76. The van der Waals surface area contributed by atoms with E-state index in [9.17, 15) is 0 Å². The molecular formula is C16H14IN3. The molecule has 2 aromatic carbocycles. The highest BCUT2D eigenvalue weighted by atomic mass is 127. The Bertz CT molecular complexity index is 692. The van der Waals surface area contributed by atoms with E-state index < -0.39 is 0 Å². The monoisotopic (exact) mass is 375 g/mol. The smallest absolute Gasteiger partial charge is 0.181 e. The van der Waals surface area contributed by atoms with Gasteiger partial charge in [-0.2, -0.15) is 5.10 Å². The third-order valence-electron chi connectivity index (χ3n) is 3.09. The highest BCUT2D eigenvalue weighted by Crippen LogP contribution is 2.17. The van der Waals surface area contributed by atoms with E-state index in [-0.39, 0.29) is 0 Å². The maximum absolute atomic E-state index is 4.54. The van der Waals surface area contributed by atoms with E-state index >= 15 is 0 Å². The lowest BCUT2D eigenvalue weighted by Gasteiger charge is -2.01. The van der Waals surface area contributed by atoms with Crippen LogP contribution in [0, 0.1) is 3.57 Å². The van der Waals surface area contributed by atoms with Gasteiger partial charge in [-0.05, 0) is 46.7 Å². The number of rotatable bonds is 4. The second kappa shape index (κ2) is 6.17. The molecule has 0 N–H and O–H groups in total. The molecule has 0 radical (unpaired) electrons. The molecule has 0 spiro atoms. The van der Waals surface area contributed by atoms with Gasteiger partial charge in [0.05, 0.1) is 0 Å². The van der Waals surface area contributed by atoms with Gasteiger partial charge in [0, 0.05) is 15.7 Å². The molecule has 1 heterocycles. The van der Waals surface area contributed by atoms with Crippen molar-refractivity contribution >= 4 is 22.6 Å². The molecule has 0 fully saturated rings. The SMILES string of the molecule is Ic1cccc(-c2ncn(CCc3ccccc3)n2)c1. The zero-order valence-corrected chi connectivity index (χ0v) is 13.1. The lowest BCUT2D eigenvalue weighted by Crippen LogP contribution is -2.01. The van der Waals surface area contributed by atoms with Crippen LogP contribution in [0.1, 0.15) is 5.56 Å². The van der Waals surface area contributed by atoms with E-state index in [2.05, 4.69) is 69.1 Å². The van der Waals surface area contributed by atoms with E-state index in [0.29, 0.717) is 0 Å². The number of nitrogens with zero attached hydrogens (tertiary/aromatic N) is 3. The predicted molar refractivity (Wildman–Crippen MR) is 88.3 cm³/mol. The Morgan fingerprint density at radius 1 is 1.00 bits per heavy atom. The molecule has 3 aromatic rings. The van der Waals surface area contributed by atoms with Crippen molar-refractivity contribution in [1.29, 1.82) is 0 Å². The lowest BCUT2D eigenvalue weighted by atomic mass is 10.2. The molecule has 3 rings (SSSR count). The topological polar surface area (TPSA) is 30.7 Å². The molecule has 20 heavy (non-hydrogen) atoms. The Labute approximate surface area is 131 Å². The summed E-state index contributed by atoms with van der Waals surface area (Å²) in [5.74, 6) is 0.788. The van der Waals surface area contributed by atoms with Crippen LogP contribution < -0.4 is 0 Å². The summed E-state index contributed by atoms with van der Waals surface area (Å²) in [6, 6.07) is 18.7.